The van der Waals surface area contributed by atoms with Gasteiger partial charge in [0.1, 0.15) is 0 Å². The molecule has 3 rings (SSSR count). The van der Waals surface area contributed by atoms with Crippen LogP contribution in [0.1, 0.15) is 30.4 Å². The van der Waals surface area contributed by atoms with E-state index in [0.717, 1.165) is 19.6 Å². The van der Waals surface area contributed by atoms with Crippen LogP contribution in [0.3, 0.4) is 0 Å². The Morgan fingerprint density at radius 1 is 1.12 bits per heavy atom. The number of nitrogens with zero attached hydrogens (tertiary/aromatic N) is 1. The van der Waals surface area contributed by atoms with Gasteiger partial charge in [-0.15, -0.1) is 0 Å². The highest BCUT2D eigenvalue weighted by molar-refractivity contribution is 5.30. The van der Waals surface area contributed by atoms with E-state index in [0.29, 0.717) is 5.41 Å². The van der Waals surface area contributed by atoms with Crippen molar-refractivity contribution in [2.45, 2.75) is 32.4 Å². The lowest BCUT2D eigenvalue weighted by Gasteiger charge is -2.19. The zero-order chi connectivity index (χ0) is 11.0. The van der Waals surface area contributed by atoms with Crippen molar-refractivity contribution in [3.63, 3.8) is 0 Å². The van der Waals surface area contributed by atoms with Gasteiger partial charge in [0, 0.05) is 13.1 Å². The summed E-state index contributed by atoms with van der Waals surface area (Å²) in [6.07, 6.45) is 3.99. The fraction of sp³-hybridized carbons (Fsp3) is 0.571. The summed E-state index contributed by atoms with van der Waals surface area (Å²) >= 11 is 0. The standard InChI is InChI=1S/C14H20N2/c15-11-14(5-6-14)7-8-16-9-12-3-1-2-4-13(12)10-16/h1-4H,5-11,15H2. The minimum atomic E-state index is 0.523. The van der Waals surface area contributed by atoms with Crippen molar-refractivity contribution < 1.29 is 0 Å². The van der Waals surface area contributed by atoms with Crippen LogP contribution in [-0.4, -0.2) is 18.0 Å². The van der Waals surface area contributed by atoms with Gasteiger partial charge in [-0.3, -0.25) is 4.90 Å². The maximum absolute atomic E-state index is 5.82. The SMILES string of the molecule is NCC1(CCN2Cc3ccccc3C2)CC1. The first-order chi connectivity index (χ1) is 7.81. The number of fused-ring (bicyclic) bond motifs is 1. The monoisotopic (exact) mass is 216 g/mol. The predicted molar refractivity (Wildman–Crippen MR) is 65.9 cm³/mol. The van der Waals surface area contributed by atoms with E-state index in [-0.39, 0.29) is 0 Å². The smallest absolute Gasteiger partial charge is 0.0240 e. The molecular formula is C14H20N2. The summed E-state index contributed by atoms with van der Waals surface area (Å²) in [5, 5.41) is 0. The molecule has 0 atom stereocenters. The Bertz CT molecular complexity index is 357. The molecule has 0 aromatic heterocycles. The molecule has 1 aliphatic carbocycles. The molecule has 0 spiro atoms. The summed E-state index contributed by atoms with van der Waals surface area (Å²) < 4.78 is 0. The molecule has 0 radical (unpaired) electrons. The summed E-state index contributed by atoms with van der Waals surface area (Å²) in [4.78, 5) is 2.56. The first kappa shape index (κ1) is 10.3. The second-order valence-electron chi connectivity index (χ2n) is 5.43. The lowest BCUT2D eigenvalue weighted by Crippen LogP contribution is -2.24. The zero-order valence-corrected chi connectivity index (χ0v) is 9.78. The highest BCUT2D eigenvalue weighted by atomic mass is 15.1. The Morgan fingerprint density at radius 2 is 1.75 bits per heavy atom. The fourth-order valence-electron chi connectivity index (χ4n) is 2.69. The fourth-order valence-corrected chi connectivity index (χ4v) is 2.69. The molecule has 0 unspecified atom stereocenters. The minimum absolute atomic E-state index is 0.523. The van der Waals surface area contributed by atoms with E-state index in [9.17, 15) is 0 Å². The molecule has 2 heteroatoms. The predicted octanol–water partition coefficient (Wildman–Crippen LogP) is 2.13. The van der Waals surface area contributed by atoms with Crippen LogP contribution >= 0.6 is 0 Å². The van der Waals surface area contributed by atoms with Crippen LogP contribution in [0, 0.1) is 5.41 Å². The molecule has 1 fully saturated rings. The molecule has 1 saturated carbocycles. The molecule has 0 amide bonds. The summed E-state index contributed by atoms with van der Waals surface area (Å²) in [5.41, 5.74) is 9.37. The van der Waals surface area contributed by atoms with Crippen molar-refractivity contribution in [3.8, 4) is 0 Å². The number of rotatable bonds is 4. The molecule has 2 nitrogen and oxygen atoms in total. The van der Waals surface area contributed by atoms with Gasteiger partial charge in [-0.25, -0.2) is 0 Å². The van der Waals surface area contributed by atoms with Crippen LogP contribution in [0.2, 0.25) is 0 Å². The van der Waals surface area contributed by atoms with Gasteiger partial charge in [0.25, 0.3) is 0 Å². The number of hydrogen-bond acceptors (Lipinski definition) is 2. The molecule has 16 heavy (non-hydrogen) atoms. The van der Waals surface area contributed by atoms with Gasteiger partial charge in [-0.05, 0) is 48.9 Å². The van der Waals surface area contributed by atoms with Crippen LogP contribution in [0.15, 0.2) is 24.3 Å². The van der Waals surface area contributed by atoms with Gasteiger partial charge < -0.3 is 5.73 Å². The Morgan fingerprint density at radius 3 is 2.25 bits per heavy atom. The lowest BCUT2D eigenvalue weighted by molar-refractivity contribution is 0.253. The molecule has 86 valence electrons. The molecule has 1 aromatic carbocycles. The highest BCUT2D eigenvalue weighted by Crippen LogP contribution is 2.47. The topological polar surface area (TPSA) is 29.3 Å². The third-order valence-corrected chi connectivity index (χ3v) is 4.25. The third-order valence-electron chi connectivity index (χ3n) is 4.25. The van der Waals surface area contributed by atoms with E-state index >= 15 is 0 Å². The highest BCUT2D eigenvalue weighted by Gasteiger charge is 2.40. The van der Waals surface area contributed by atoms with Gasteiger partial charge in [-0.2, -0.15) is 0 Å². The van der Waals surface area contributed by atoms with Crippen LogP contribution in [0.4, 0.5) is 0 Å². The number of nitrogens with two attached hydrogens (primary N) is 1. The maximum atomic E-state index is 5.82. The Labute approximate surface area is 97.4 Å². The Hall–Kier alpha value is -0.860. The van der Waals surface area contributed by atoms with Crippen LogP contribution in [-0.2, 0) is 13.1 Å². The second kappa shape index (κ2) is 3.86. The average molecular weight is 216 g/mol. The second-order valence-corrected chi connectivity index (χ2v) is 5.43. The van der Waals surface area contributed by atoms with Gasteiger partial charge >= 0.3 is 0 Å². The van der Waals surface area contributed by atoms with Gasteiger partial charge in [-0.1, -0.05) is 24.3 Å². The van der Waals surface area contributed by atoms with Crippen LogP contribution in [0.5, 0.6) is 0 Å². The molecule has 1 aromatic rings. The lowest BCUT2D eigenvalue weighted by atomic mass is 10.0. The third kappa shape index (κ3) is 1.87. The van der Waals surface area contributed by atoms with Gasteiger partial charge in [0.05, 0.1) is 0 Å². The summed E-state index contributed by atoms with van der Waals surface area (Å²) in [6, 6.07) is 8.80. The average Bonchev–Trinajstić information content (AvgIpc) is 2.98. The van der Waals surface area contributed by atoms with Crippen molar-refractivity contribution in [2.24, 2.45) is 11.1 Å². The number of benzene rings is 1. The van der Waals surface area contributed by atoms with E-state index < -0.39 is 0 Å². The quantitative estimate of drug-likeness (QED) is 0.835. The Balaban J connectivity index is 1.56. The normalized spacial score (nSPS) is 22.1. The molecule has 2 N–H and O–H groups in total. The molecule has 2 aliphatic rings. The van der Waals surface area contributed by atoms with E-state index in [2.05, 4.69) is 29.2 Å². The maximum Gasteiger partial charge on any atom is 0.0240 e. The molecule has 1 heterocycles. The van der Waals surface area contributed by atoms with E-state index in [1.807, 2.05) is 0 Å². The first-order valence-electron chi connectivity index (χ1n) is 6.31. The van der Waals surface area contributed by atoms with Crippen LogP contribution < -0.4 is 5.73 Å². The Kier molecular flexibility index (Phi) is 2.49. The summed E-state index contributed by atoms with van der Waals surface area (Å²) in [7, 11) is 0. The largest absolute Gasteiger partial charge is 0.330 e. The van der Waals surface area contributed by atoms with E-state index in [1.165, 1.54) is 36.9 Å². The molecule has 1 aliphatic heterocycles. The van der Waals surface area contributed by atoms with Crippen molar-refractivity contribution >= 4 is 0 Å². The summed E-state index contributed by atoms with van der Waals surface area (Å²) in [5.74, 6) is 0. The van der Waals surface area contributed by atoms with Gasteiger partial charge in [0.2, 0.25) is 0 Å². The van der Waals surface area contributed by atoms with E-state index in [4.69, 9.17) is 5.73 Å². The summed E-state index contributed by atoms with van der Waals surface area (Å²) in [6.45, 7) is 4.37. The first-order valence-corrected chi connectivity index (χ1v) is 6.31. The molecule has 0 bridgehead atoms. The molecule has 0 saturated heterocycles. The van der Waals surface area contributed by atoms with Crippen molar-refractivity contribution in [2.75, 3.05) is 13.1 Å². The molecular weight excluding hydrogens is 196 g/mol. The van der Waals surface area contributed by atoms with Crippen LogP contribution in [0.25, 0.3) is 0 Å². The minimum Gasteiger partial charge on any atom is -0.330 e. The van der Waals surface area contributed by atoms with Gasteiger partial charge in [0.15, 0.2) is 0 Å². The van der Waals surface area contributed by atoms with E-state index in [1.54, 1.807) is 0 Å². The van der Waals surface area contributed by atoms with Crippen molar-refractivity contribution in [1.82, 2.24) is 4.90 Å². The zero-order valence-electron chi connectivity index (χ0n) is 9.78. The van der Waals surface area contributed by atoms with Crippen molar-refractivity contribution in [3.05, 3.63) is 35.4 Å². The van der Waals surface area contributed by atoms with Crippen molar-refractivity contribution in [1.29, 1.82) is 0 Å². The number of hydrogen-bond donors (Lipinski definition) is 1.